The van der Waals surface area contributed by atoms with Gasteiger partial charge in [0, 0.05) is 24.0 Å². The molecule has 2 aromatic rings. The summed E-state index contributed by atoms with van der Waals surface area (Å²) >= 11 is 0. The summed E-state index contributed by atoms with van der Waals surface area (Å²) < 4.78 is 65.4. The van der Waals surface area contributed by atoms with Gasteiger partial charge in [-0.1, -0.05) is 12.1 Å². The van der Waals surface area contributed by atoms with E-state index in [1.807, 2.05) is 0 Å². The Labute approximate surface area is 149 Å². The Morgan fingerprint density at radius 3 is 2.35 bits per heavy atom. The highest BCUT2D eigenvalue weighted by atomic mass is 32.2. The molecule has 0 bridgehead atoms. The molecule has 1 N–H and O–H groups in total. The number of pyridine rings is 1. The first kappa shape index (κ1) is 17.5. The molecule has 0 saturated heterocycles. The van der Waals surface area contributed by atoms with Crippen molar-refractivity contribution in [1.82, 2.24) is 9.71 Å². The smallest absolute Gasteiger partial charge is 0.264 e. The van der Waals surface area contributed by atoms with Crippen LogP contribution in [0.3, 0.4) is 0 Å². The molecule has 4 rings (SSSR count). The first-order valence-electron chi connectivity index (χ1n) is 8.41. The summed E-state index contributed by atoms with van der Waals surface area (Å²) in [5, 5.41) is -0.294. The zero-order valence-electron chi connectivity index (χ0n) is 13.8. The van der Waals surface area contributed by atoms with Gasteiger partial charge in [-0.15, -0.1) is 0 Å². The molecule has 0 amide bonds. The fourth-order valence-corrected chi connectivity index (χ4v) is 5.00. The number of rotatable bonds is 4. The number of sulfonamides is 1. The third-order valence-electron chi connectivity index (χ3n) is 4.94. The normalized spacial score (nSPS) is 20.2. The number of benzene rings is 1. The minimum absolute atomic E-state index is 0.294. The van der Waals surface area contributed by atoms with E-state index in [2.05, 4.69) is 9.71 Å². The van der Waals surface area contributed by atoms with E-state index in [4.69, 9.17) is 0 Å². The van der Waals surface area contributed by atoms with Crippen LogP contribution in [0, 0.1) is 0 Å². The van der Waals surface area contributed by atoms with Gasteiger partial charge in [0.2, 0.25) is 10.0 Å². The molecule has 1 atom stereocenters. The summed E-state index contributed by atoms with van der Waals surface area (Å²) in [4.78, 5) is 4.19. The van der Waals surface area contributed by atoms with Crippen molar-refractivity contribution in [2.75, 3.05) is 0 Å². The van der Waals surface area contributed by atoms with Crippen LogP contribution in [0.1, 0.15) is 42.0 Å². The quantitative estimate of drug-likeness (QED) is 0.874. The van der Waals surface area contributed by atoms with E-state index < -0.39 is 21.8 Å². The summed E-state index contributed by atoms with van der Waals surface area (Å²) in [5.41, 5.74) is 2.46. The summed E-state index contributed by atoms with van der Waals surface area (Å²) in [7, 11) is -3.32. The molecule has 0 radical (unpaired) electrons. The lowest BCUT2D eigenvalue weighted by Gasteiger charge is -2.15. The summed E-state index contributed by atoms with van der Waals surface area (Å²) in [6.45, 7) is 0. The summed E-state index contributed by atoms with van der Waals surface area (Å²) in [6, 6.07) is 4.65. The van der Waals surface area contributed by atoms with Gasteiger partial charge in [0.15, 0.2) is 0 Å². The standard InChI is InChI=1S/C18H17F3N2O2S/c19-18(20,21)12-3-1-11(2-4-12)15-9-22-10-16-14(15)7-8-17(16)23-26(24,25)13-5-6-13/h1-4,9-10,13,17,23H,5-8H2. The van der Waals surface area contributed by atoms with Gasteiger partial charge >= 0.3 is 6.18 Å². The molecule has 0 aliphatic heterocycles. The van der Waals surface area contributed by atoms with E-state index in [0.29, 0.717) is 31.2 Å². The number of nitrogens with zero attached hydrogens (tertiary/aromatic N) is 1. The van der Waals surface area contributed by atoms with Crippen molar-refractivity contribution >= 4 is 10.0 Å². The zero-order chi connectivity index (χ0) is 18.5. The lowest BCUT2D eigenvalue weighted by molar-refractivity contribution is -0.137. The third kappa shape index (κ3) is 3.23. The van der Waals surface area contributed by atoms with Crippen molar-refractivity contribution in [3.63, 3.8) is 0 Å². The molecule has 1 aromatic heterocycles. The molecule has 0 spiro atoms. The molecular weight excluding hydrogens is 365 g/mol. The van der Waals surface area contributed by atoms with E-state index >= 15 is 0 Å². The predicted octanol–water partition coefficient (Wildman–Crippen LogP) is 3.84. The first-order chi connectivity index (χ1) is 12.3. The van der Waals surface area contributed by atoms with Crippen molar-refractivity contribution in [1.29, 1.82) is 0 Å². The van der Waals surface area contributed by atoms with Crippen LogP contribution in [-0.4, -0.2) is 18.7 Å². The SMILES string of the molecule is O=S(=O)(NC1CCc2c(-c3ccc(C(F)(F)F)cc3)cncc21)C1CC1. The average molecular weight is 382 g/mol. The molecule has 138 valence electrons. The van der Waals surface area contributed by atoms with Crippen LogP contribution in [0.4, 0.5) is 13.2 Å². The number of halogens is 3. The molecule has 1 heterocycles. The van der Waals surface area contributed by atoms with Gasteiger partial charge in [-0.25, -0.2) is 13.1 Å². The van der Waals surface area contributed by atoms with Crippen molar-refractivity contribution < 1.29 is 21.6 Å². The number of aromatic nitrogens is 1. The fraction of sp³-hybridized carbons (Fsp3) is 0.389. The topological polar surface area (TPSA) is 59.1 Å². The highest BCUT2D eigenvalue weighted by Crippen LogP contribution is 2.39. The Kier molecular flexibility index (Phi) is 4.07. The Morgan fingerprint density at radius 2 is 1.73 bits per heavy atom. The average Bonchev–Trinajstić information content (AvgIpc) is 3.38. The van der Waals surface area contributed by atoms with Crippen LogP contribution in [0.2, 0.25) is 0 Å². The predicted molar refractivity (Wildman–Crippen MR) is 90.8 cm³/mol. The summed E-state index contributed by atoms with van der Waals surface area (Å²) in [6.07, 6.45) is 1.57. The van der Waals surface area contributed by atoms with Gasteiger partial charge < -0.3 is 0 Å². The third-order valence-corrected chi connectivity index (χ3v) is 6.90. The van der Waals surface area contributed by atoms with Crippen LogP contribution in [0.25, 0.3) is 11.1 Å². The van der Waals surface area contributed by atoms with E-state index in [1.54, 1.807) is 12.4 Å². The van der Waals surface area contributed by atoms with E-state index in [9.17, 15) is 21.6 Å². The lowest BCUT2D eigenvalue weighted by Crippen LogP contribution is -2.30. The second-order valence-electron chi connectivity index (χ2n) is 6.78. The molecule has 1 aromatic carbocycles. The Hall–Kier alpha value is -1.93. The molecular formula is C18H17F3N2O2S. The zero-order valence-corrected chi connectivity index (χ0v) is 14.6. The van der Waals surface area contributed by atoms with E-state index in [1.165, 1.54) is 12.1 Å². The minimum Gasteiger partial charge on any atom is -0.264 e. The molecule has 1 unspecified atom stereocenters. The summed E-state index contributed by atoms with van der Waals surface area (Å²) in [5.74, 6) is 0. The van der Waals surface area contributed by atoms with Crippen LogP contribution < -0.4 is 4.72 Å². The van der Waals surface area contributed by atoms with Gasteiger partial charge in [0.25, 0.3) is 0 Å². The van der Waals surface area contributed by atoms with Crippen LogP contribution >= 0.6 is 0 Å². The Bertz CT molecular complexity index is 936. The van der Waals surface area contributed by atoms with Crippen LogP contribution in [0.15, 0.2) is 36.7 Å². The maximum atomic E-state index is 12.7. The maximum absolute atomic E-state index is 12.7. The van der Waals surface area contributed by atoms with Crippen LogP contribution in [0.5, 0.6) is 0 Å². The van der Waals surface area contributed by atoms with Crippen molar-refractivity contribution in [3.05, 3.63) is 53.3 Å². The lowest BCUT2D eigenvalue weighted by atomic mass is 9.98. The van der Waals surface area contributed by atoms with Crippen molar-refractivity contribution in [2.45, 2.75) is 43.2 Å². The number of alkyl halides is 3. The number of hydrogen-bond acceptors (Lipinski definition) is 3. The molecule has 1 fully saturated rings. The monoisotopic (exact) mass is 382 g/mol. The van der Waals surface area contributed by atoms with Crippen LogP contribution in [-0.2, 0) is 22.6 Å². The molecule has 4 nitrogen and oxygen atoms in total. The van der Waals surface area contributed by atoms with Gasteiger partial charge in [-0.2, -0.15) is 13.2 Å². The van der Waals surface area contributed by atoms with Gasteiger partial charge in [-0.3, -0.25) is 4.98 Å². The number of hydrogen-bond donors (Lipinski definition) is 1. The molecule has 1 saturated carbocycles. The largest absolute Gasteiger partial charge is 0.416 e. The maximum Gasteiger partial charge on any atom is 0.416 e. The minimum atomic E-state index is -4.37. The van der Waals surface area contributed by atoms with Gasteiger partial charge in [-0.05, 0) is 54.5 Å². The van der Waals surface area contributed by atoms with Crippen molar-refractivity contribution in [3.8, 4) is 11.1 Å². The van der Waals surface area contributed by atoms with E-state index in [-0.39, 0.29) is 11.3 Å². The molecule has 26 heavy (non-hydrogen) atoms. The van der Waals surface area contributed by atoms with Crippen molar-refractivity contribution in [2.24, 2.45) is 0 Å². The Balaban J connectivity index is 1.64. The first-order valence-corrected chi connectivity index (χ1v) is 9.96. The highest BCUT2D eigenvalue weighted by molar-refractivity contribution is 7.90. The van der Waals surface area contributed by atoms with E-state index in [0.717, 1.165) is 28.8 Å². The number of fused-ring (bicyclic) bond motifs is 1. The van der Waals surface area contributed by atoms with Gasteiger partial charge in [0.05, 0.1) is 10.8 Å². The fourth-order valence-electron chi connectivity index (χ4n) is 3.41. The second kappa shape index (κ2) is 6.06. The second-order valence-corrected chi connectivity index (χ2v) is 8.78. The molecule has 2 aliphatic carbocycles. The molecule has 8 heteroatoms. The Morgan fingerprint density at radius 1 is 1.04 bits per heavy atom. The molecule has 2 aliphatic rings. The number of nitrogens with one attached hydrogen (secondary N) is 1. The highest BCUT2D eigenvalue weighted by Gasteiger charge is 2.39. The van der Waals surface area contributed by atoms with Gasteiger partial charge in [0.1, 0.15) is 0 Å².